The Bertz CT molecular complexity index is 630. The summed E-state index contributed by atoms with van der Waals surface area (Å²) < 4.78 is 10.7. The van der Waals surface area contributed by atoms with Crippen LogP contribution in [0.25, 0.3) is 0 Å². The minimum absolute atomic E-state index is 0. The van der Waals surface area contributed by atoms with E-state index in [1.54, 1.807) is 7.11 Å². The molecule has 1 aromatic rings. The molecule has 2 saturated heterocycles. The van der Waals surface area contributed by atoms with Crippen molar-refractivity contribution in [2.24, 2.45) is 10.9 Å². The van der Waals surface area contributed by atoms with Gasteiger partial charge in [0.25, 0.3) is 0 Å². The van der Waals surface area contributed by atoms with Crippen LogP contribution in [0.5, 0.6) is 5.75 Å². The van der Waals surface area contributed by atoms with E-state index in [0.29, 0.717) is 18.5 Å². The predicted molar refractivity (Wildman–Crippen MR) is 131 cm³/mol. The van der Waals surface area contributed by atoms with Gasteiger partial charge < -0.3 is 30.1 Å². The normalized spacial score (nSPS) is 21.7. The van der Waals surface area contributed by atoms with E-state index in [9.17, 15) is 5.11 Å². The lowest BCUT2D eigenvalue weighted by Crippen LogP contribution is -2.49. The second kappa shape index (κ2) is 13.3. The maximum Gasteiger partial charge on any atom is 0.191 e. The maximum absolute atomic E-state index is 10.5. The molecule has 7 nitrogen and oxygen atoms in total. The lowest BCUT2D eigenvalue weighted by Gasteiger charge is -2.34. The van der Waals surface area contributed by atoms with Gasteiger partial charge in [0, 0.05) is 38.8 Å². The van der Waals surface area contributed by atoms with E-state index in [0.717, 1.165) is 69.5 Å². The van der Waals surface area contributed by atoms with Crippen molar-refractivity contribution in [3.63, 3.8) is 0 Å². The molecule has 0 spiro atoms. The predicted octanol–water partition coefficient (Wildman–Crippen LogP) is 2.40. The Morgan fingerprint density at radius 2 is 2.00 bits per heavy atom. The Labute approximate surface area is 197 Å². The van der Waals surface area contributed by atoms with Crippen LogP contribution in [0.3, 0.4) is 0 Å². The third-order valence-corrected chi connectivity index (χ3v) is 5.74. The number of guanidine groups is 1. The molecule has 2 atom stereocenters. The van der Waals surface area contributed by atoms with Gasteiger partial charge in [-0.25, -0.2) is 0 Å². The number of hydrogen-bond donors (Lipinski definition) is 3. The second-order valence-electron chi connectivity index (χ2n) is 7.96. The minimum atomic E-state index is -0.633. The zero-order valence-corrected chi connectivity index (χ0v) is 20.5. The van der Waals surface area contributed by atoms with Crippen LogP contribution in [-0.4, -0.2) is 75.1 Å². The van der Waals surface area contributed by atoms with E-state index in [2.05, 4.69) is 27.4 Å². The SMILES string of the molecule is CCNC(=NCC(O)c1ccc(OC)cc1)NC1CCN(CC2CCOC2)CC1.I. The van der Waals surface area contributed by atoms with Crippen molar-refractivity contribution in [1.29, 1.82) is 0 Å². The molecule has 2 fully saturated rings. The first-order valence-corrected chi connectivity index (χ1v) is 10.8. The van der Waals surface area contributed by atoms with Crippen molar-refractivity contribution >= 4 is 29.9 Å². The van der Waals surface area contributed by atoms with Crippen LogP contribution in [0.2, 0.25) is 0 Å². The molecule has 1 aromatic carbocycles. The molecule has 2 heterocycles. The Hall–Kier alpha value is -1.10. The highest BCUT2D eigenvalue weighted by Gasteiger charge is 2.24. The van der Waals surface area contributed by atoms with Gasteiger partial charge in [-0.15, -0.1) is 24.0 Å². The number of nitrogens with zero attached hydrogens (tertiary/aromatic N) is 2. The highest BCUT2D eigenvalue weighted by Crippen LogP contribution is 2.19. The number of halogens is 1. The van der Waals surface area contributed by atoms with E-state index >= 15 is 0 Å². The molecule has 8 heteroatoms. The lowest BCUT2D eigenvalue weighted by atomic mass is 10.0. The first kappa shape index (κ1) is 25.2. The Morgan fingerprint density at radius 1 is 1.27 bits per heavy atom. The van der Waals surface area contributed by atoms with Gasteiger partial charge in [-0.2, -0.15) is 0 Å². The molecule has 3 N–H and O–H groups in total. The second-order valence-corrected chi connectivity index (χ2v) is 7.96. The summed E-state index contributed by atoms with van der Waals surface area (Å²) in [5.74, 6) is 2.27. The Kier molecular flexibility index (Phi) is 11.2. The van der Waals surface area contributed by atoms with E-state index in [4.69, 9.17) is 9.47 Å². The molecule has 170 valence electrons. The number of aliphatic hydroxyl groups is 1. The first-order valence-electron chi connectivity index (χ1n) is 10.8. The minimum Gasteiger partial charge on any atom is -0.497 e. The summed E-state index contributed by atoms with van der Waals surface area (Å²) >= 11 is 0. The number of aliphatic hydroxyl groups excluding tert-OH is 1. The summed E-state index contributed by atoms with van der Waals surface area (Å²) in [5.41, 5.74) is 0.842. The molecule has 0 bridgehead atoms. The summed E-state index contributed by atoms with van der Waals surface area (Å²) in [4.78, 5) is 7.18. The van der Waals surface area contributed by atoms with Gasteiger partial charge in [-0.3, -0.25) is 4.99 Å². The molecule has 2 unspecified atom stereocenters. The number of rotatable bonds is 8. The highest BCUT2D eigenvalue weighted by atomic mass is 127. The van der Waals surface area contributed by atoms with Crippen molar-refractivity contribution in [2.75, 3.05) is 53.0 Å². The molecule has 0 aliphatic carbocycles. The van der Waals surface area contributed by atoms with Crippen LogP contribution in [0, 0.1) is 5.92 Å². The summed E-state index contributed by atoms with van der Waals surface area (Å²) in [7, 11) is 1.64. The van der Waals surface area contributed by atoms with Gasteiger partial charge >= 0.3 is 0 Å². The molecule has 0 radical (unpaired) electrons. The summed E-state index contributed by atoms with van der Waals surface area (Å²) in [5, 5.41) is 17.3. The number of hydrogen-bond acceptors (Lipinski definition) is 5. The quantitative estimate of drug-likeness (QED) is 0.271. The Morgan fingerprint density at radius 3 is 2.60 bits per heavy atom. The smallest absolute Gasteiger partial charge is 0.191 e. The molecule has 2 aliphatic heterocycles. The van der Waals surface area contributed by atoms with Gasteiger partial charge in [0.1, 0.15) is 5.75 Å². The number of methoxy groups -OCH3 is 1. The molecule has 0 saturated carbocycles. The monoisotopic (exact) mass is 532 g/mol. The number of benzene rings is 1. The summed E-state index contributed by atoms with van der Waals surface area (Å²) in [6.07, 6.45) is 2.79. The van der Waals surface area contributed by atoms with Crippen molar-refractivity contribution in [1.82, 2.24) is 15.5 Å². The van der Waals surface area contributed by atoms with E-state index < -0.39 is 6.10 Å². The molecule has 0 aromatic heterocycles. The first-order chi connectivity index (χ1) is 14.2. The van der Waals surface area contributed by atoms with Crippen LogP contribution in [0.15, 0.2) is 29.3 Å². The van der Waals surface area contributed by atoms with Crippen molar-refractivity contribution in [2.45, 2.75) is 38.3 Å². The maximum atomic E-state index is 10.5. The van der Waals surface area contributed by atoms with Crippen LogP contribution in [0.1, 0.15) is 37.9 Å². The molecular weight excluding hydrogens is 495 g/mol. The van der Waals surface area contributed by atoms with E-state index in [-0.39, 0.29) is 24.0 Å². The molecule has 0 amide bonds. The number of ether oxygens (including phenoxy) is 2. The fraction of sp³-hybridized carbons (Fsp3) is 0.682. The van der Waals surface area contributed by atoms with Gasteiger partial charge in [0.05, 0.1) is 26.4 Å². The standard InChI is InChI=1S/C22H36N4O3.HI/c1-3-23-22(24-14-21(27)18-4-6-20(28-2)7-5-18)25-19-8-11-26(12-9-19)15-17-10-13-29-16-17;/h4-7,17,19,21,27H,3,8-16H2,1-2H3,(H2,23,24,25);1H. The number of aliphatic imine (C=N–C) groups is 1. The van der Waals surface area contributed by atoms with Crippen molar-refractivity contribution < 1.29 is 14.6 Å². The van der Waals surface area contributed by atoms with Gasteiger partial charge in [-0.1, -0.05) is 12.1 Å². The molecule has 30 heavy (non-hydrogen) atoms. The van der Waals surface area contributed by atoms with E-state index in [1.165, 1.54) is 6.42 Å². The fourth-order valence-corrected chi connectivity index (χ4v) is 3.97. The van der Waals surface area contributed by atoms with Gasteiger partial charge in [0.2, 0.25) is 0 Å². The third-order valence-electron chi connectivity index (χ3n) is 5.74. The highest BCUT2D eigenvalue weighted by molar-refractivity contribution is 14.0. The van der Waals surface area contributed by atoms with Gasteiger partial charge in [-0.05, 0) is 49.8 Å². The topological polar surface area (TPSA) is 78.4 Å². The van der Waals surface area contributed by atoms with Crippen LogP contribution in [-0.2, 0) is 4.74 Å². The van der Waals surface area contributed by atoms with Crippen molar-refractivity contribution in [3.8, 4) is 5.75 Å². The number of likely N-dealkylation sites (tertiary alicyclic amines) is 1. The zero-order chi connectivity index (χ0) is 20.5. The summed E-state index contributed by atoms with van der Waals surface area (Å²) in [6, 6.07) is 7.89. The molecule has 3 rings (SSSR count). The molecule has 2 aliphatic rings. The number of piperidine rings is 1. The third kappa shape index (κ3) is 7.86. The lowest BCUT2D eigenvalue weighted by molar-refractivity contribution is 0.150. The number of nitrogens with one attached hydrogen (secondary N) is 2. The zero-order valence-electron chi connectivity index (χ0n) is 18.2. The van der Waals surface area contributed by atoms with E-state index in [1.807, 2.05) is 24.3 Å². The van der Waals surface area contributed by atoms with Crippen LogP contribution < -0.4 is 15.4 Å². The van der Waals surface area contributed by atoms with Crippen LogP contribution in [0.4, 0.5) is 0 Å². The van der Waals surface area contributed by atoms with Crippen LogP contribution >= 0.6 is 24.0 Å². The largest absolute Gasteiger partial charge is 0.497 e. The summed E-state index contributed by atoms with van der Waals surface area (Å²) in [6.45, 7) is 8.41. The van der Waals surface area contributed by atoms with Crippen molar-refractivity contribution in [3.05, 3.63) is 29.8 Å². The molecular formula is C22H37IN4O3. The van der Waals surface area contributed by atoms with Gasteiger partial charge in [0.15, 0.2) is 5.96 Å². The average Bonchev–Trinajstić information content (AvgIpc) is 3.26. The Balaban J connectivity index is 0.00000320. The average molecular weight is 532 g/mol. The fourth-order valence-electron chi connectivity index (χ4n) is 3.97.